The van der Waals surface area contributed by atoms with Crippen molar-refractivity contribution in [3.8, 4) is 0 Å². The van der Waals surface area contributed by atoms with Gasteiger partial charge in [-0.15, -0.1) is 0 Å². The first kappa shape index (κ1) is 13.7. The molecule has 0 aliphatic rings. The first-order chi connectivity index (χ1) is 7.97. The maximum Gasteiger partial charge on any atom is 0.311 e. The molecule has 1 heterocycles. The number of aliphatic hydroxyl groups excluding tert-OH is 1. The molecule has 7 heteroatoms. The molecular weight excluding hydrogens is 246 g/mol. The molecule has 0 spiro atoms. The Labute approximate surface area is 104 Å². The molecule has 0 aliphatic carbocycles. The van der Waals surface area contributed by atoms with Crippen LogP contribution in [-0.2, 0) is 0 Å². The average molecular weight is 260 g/mol. The van der Waals surface area contributed by atoms with E-state index in [0.29, 0.717) is 0 Å². The van der Waals surface area contributed by atoms with Gasteiger partial charge >= 0.3 is 5.69 Å². The van der Waals surface area contributed by atoms with E-state index < -0.39 is 4.92 Å². The Morgan fingerprint density at radius 3 is 2.76 bits per heavy atom. The summed E-state index contributed by atoms with van der Waals surface area (Å²) in [6.07, 6.45) is 2.48. The van der Waals surface area contributed by atoms with Gasteiger partial charge in [-0.05, 0) is 12.8 Å². The van der Waals surface area contributed by atoms with Gasteiger partial charge in [0.05, 0.1) is 9.95 Å². The quantitative estimate of drug-likeness (QED) is 0.624. The molecule has 1 rings (SSSR count). The Morgan fingerprint density at radius 2 is 2.24 bits per heavy atom. The fourth-order valence-electron chi connectivity index (χ4n) is 1.23. The largest absolute Gasteiger partial charge is 0.396 e. The lowest BCUT2D eigenvalue weighted by molar-refractivity contribution is -0.384. The number of hydrogen-bond donors (Lipinski definition) is 2. The smallest absolute Gasteiger partial charge is 0.311 e. The normalized spacial score (nSPS) is 14.1. The number of aliphatic hydroxyl groups is 1. The molecule has 94 valence electrons. The van der Waals surface area contributed by atoms with E-state index in [-0.39, 0.29) is 35.0 Å². The van der Waals surface area contributed by atoms with Gasteiger partial charge in [0, 0.05) is 18.8 Å². The molecule has 0 bridgehead atoms. The van der Waals surface area contributed by atoms with Crippen molar-refractivity contribution >= 4 is 23.0 Å². The Bertz CT molecular complexity index is 414. The van der Waals surface area contributed by atoms with Crippen molar-refractivity contribution < 1.29 is 10.0 Å². The van der Waals surface area contributed by atoms with Gasteiger partial charge < -0.3 is 10.4 Å². The Balaban J connectivity index is 3.00. The molecule has 2 atom stereocenters. The van der Waals surface area contributed by atoms with Crippen molar-refractivity contribution in [2.75, 3.05) is 11.9 Å². The summed E-state index contributed by atoms with van der Waals surface area (Å²) in [5.74, 6) is -0.0427. The molecule has 0 aliphatic heterocycles. The average Bonchev–Trinajstić information content (AvgIpc) is 2.30. The van der Waals surface area contributed by atoms with Gasteiger partial charge in [0.15, 0.2) is 0 Å². The summed E-state index contributed by atoms with van der Waals surface area (Å²) >= 11 is 5.87. The van der Waals surface area contributed by atoms with Crippen LogP contribution >= 0.6 is 11.6 Å². The molecule has 6 nitrogen and oxygen atoms in total. The molecule has 1 aromatic heterocycles. The summed E-state index contributed by atoms with van der Waals surface area (Å²) in [4.78, 5) is 13.9. The zero-order valence-corrected chi connectivity index (χ0v) is 10.3. The maximum absolute atomic E-state index is 10.8. The van der Waals surface area contributed by atoms with Crippen molar-refractivity contribution in [3.63, 3.8) is 0 Å². The Morgan fingerprint density at radius 1 is 1.59 bits per heavy atom. The van der Waals surface area contributed by atoms with Gasteiger partial charge in [-0.25, -0.2) is 0 Å². The van der Waals surface area contributed by atoms with Crippen LogP contribution in [0.3, 0.4) is 0 Å². The van der Waals surface area contributed by atoms with E-state index in [0.717, 1.165) is 6.20 Å². The van der Waals surface area contributed by atoms with Crippen LogP contribution in [0.1, 0.15) is 13.8 Å². The second kappa shape index (κ2) is 5.79. The van der Waals surface area contributed by atoms with E-state index in [1.165, 1.54) is 6.20 Å². The third-order valence-corrected chi connectivity index (χ3v) is 2.88. The van der Waals surface area contributed by atoms with Gasteiger partial charge in [0.1, 0.15) is 11.9 Å². The minimum atomic E-state index is -0.544. The molecule has 0 saturated heterocycles. The van der Waals surface area contributed by atoms with Crippen LogP contribution in [0.2, 0.25) is 5.02 Å². The first-order valence-electron chi connectivity index (χ1n) is 5.12. The third-order valence-electron chi connectivity index (χ3n) is 2.59. The van der Waals surface area contributed by atoms with Crippen LogP contribution in [0.15, 0.2) is 12.4 Å². The number of nitrogens with one attached hydrogen (secondary N) is 1. The van der Waals surface area contributed by atoms with Crippen molar-refractivity contribution in [2.24, 2.45) is 5.92 Å². The van der Waals surface area contributed by atoms with E-state index in [9.17, 15) is 10.1 Å². The van der Waals surface area contributed by atoms with Crippen LogP contribution < -0.4 is 5.32 Å². The number of hydrogen-bond acceptors (Lipinski definition) is 5. The van der Waals surface area contributed by atoms with E-state index in [1.54, 1.807) is 0 Å². The monoisotopic (exact) mass is 259 g/mol. The van der Waals surface area contributed by atoms with Gasteiger partial charge in [0.25, 0.3) is 0 Å². The molecule has 2 N–H and O–H groups in total. The van der Waals surface area contributed by atoms with E-state index in [1.807, 2.05) is 13.8 Å². The lowest BCUT2D eigenvalue weighted by Crippen LogP contribution is -2.26. The third kappa shape index (κ3) is 3.28. The molecular formula is C10H14ClN3O3. The highest BCUT2D eigenvalue weighted by atomic mass is 35.5. The van der Waals surface area contributed by atoms with Crippen LogP contribution in [-0.4, -0.2) is 27.7 Å². The molecule has 0 saturated carbocycles. The highest BCUT2D eigenvalue weighted by molar-refractivity contribution is 6.33. The summed E-state index contributed by atoms with van der Waals surface area (Å²) < 4.78 is 0. The van der Waals surface area contributed by atoms with Gasteiger partial charge in [-0.3, -0.25) is 15.1 Å². The van der Waals surface area contributed by atoms with E-state index >= 15 is 0 Å². The van der Waals surface area contributed by atoms with Crippen molar-refractivity contribution in [1.82, 2.24) is 4.98 Å². The second-order valence-electron chi connectivity index (χ2n) is 3.87. The number of aromatic nitrogens is 1. The SMILES string of the molecule is CC(CO)C(C)Nc1c(Cl)cncc1[N+](=O)[O-]. The van der Waals surface area contributed by atoms with Crippen molar-refractivity contribution in [3.05, 3.63) is 27.5 Å². The lowest BCUT2D eigenvalue weighted by Gasteiger charge is -2.20. The molecule has 0 aromatic carbocycles. The zero-order valence-electron chi connectivity index (χ0n) is 9.55. The predicted octanol–water partition coefficient (Wildman–Crippen LogP) is 2.07. The summed E-state index contributed by atoms with van der Waals surface area (Å²) in [5.41, 5.74) is 0.0638. The summed E-state index contributed by atoms with van der Waals surface area (Å²) in [6, 6.07) is -0.140. The van der Waals surface area contributed by atoms with Crippen LogP contribution in [0, 0.1) is 16.0 Å². The highest BCUT2D eigenvalue weighted by Crippen LogP contribution is 2.31. The number of anilines is 1. The van der Waals surface area contributed by atoms with Crippen LogP contribution in [0.25, 0.3) is 0 Å². The minimum absolute atomic E-state index is 0.00926. The number of nitrogens with zero attached hydrogens (tertiary/aromatic N) is 2. The van der Waals surface area contributed by atoms with Crippen LogP contribution in [0.5, 0.6) is 0 Å². The van der Waals surface area contributed by atoms with E-state index in [4.69, 9.17) is 16.7 Å². The Kier molecular flexibility index (Phi) is 4.65. The molecule has 0 fully saturated rings. The summed E-state index contributed by atoms with van der Waals surface area (Å²) in [7, 11) is 0. The fraction of sp³-hybridized carbons (Fsp3) is 0.500. The molecule has 2 unspecified atom stereocenters. The standard InChI is InChI=1S/C10H14ClN3O3/c1-6(5-15)7(2)13-10-8(11)3-12-4-9(10)14(16)17/h3-4,6-7,15H,5H2,1-2H3,(H,12,13). The summed E-state index contributed by atoms with van der Waals surface area (Å²) in [6.45, 7) is 3.64. The number of pyridine rings is 1. The number of halogens is 1. The topological polar surface area (TPSA) is 88.3 Å². The van der Waals surface area contributed by atoms with Gasteiger partial charge in [-0.1, -0.05) is 18.5 Å². The zero-order chi connectivity index (χ0) is 13.0. The maximum atomic E-state index is 10.8. The minimum Gasteiger partial charge on any atom is -0.396 e. The molecule has 17 heavy (non-hydrogen) atoms. The Hall–Kier alpha value is -1.40. The first-order valence-corrected chi connectivity index (χ1v) is 5.50. The van der Waals surface area contributed by atoms with E-state index in [2.05, 4.69) is 10.3 Å². The molecule has 0 radical (unpaired) electrons. The molecule has 0 amide bonds. The second-order valence-corrected chi connectivity index (χ2v) is 4.27. The van der Waals surface area contributed by atoms with Gasteiger partial charge in [0.2, 0.25) is 0 Å². The lowest BCUT2D eigenvalue weighted by atomic mass is 10.0. The molecule has 1 aromatic rings. The number of rotatable bonds is 5. The van der Waals surface area contributed by atoms with Crippen LogP contribution in [0.4, 0.5) is 11.4 Å². The fourth-order valence-corrected chi connectivity index (χ4v) is 1.44. The summed E-state index contributed by atoms with van der Waals surface area (Å²) in [5, 5.41) is 23.0. The predicted molar refractivity (Wildman–Crippen MR) is 65.2 cm³/mol. The van der Waals surface area contributed by atoms with Crippen molar-refractivity contribution in [2.45, 2.75) is 19.9 Å². The van der Waals surface area contributed by atoms with Crippen molar-refractivity contribution in [1.29, 1.82) is 0 Å². The highest BCUT2D eigenvalue weighted by Gasteiger charge is 2.21. The van der Waals surface area contributed by atoms with Gasteiger partial charge in [-0.2, -0.15) is 0 Å². The number of nitro groups is 1.